The minimum Gasteiger partial charge on any atom is -0.281 e. The number of halogens is 1. The number of carbonyl (C=O) groups excluding carboxylic acids is 1. The summed E-state index contributed by atoms with van der Waals surface area (Å²) < 4.78 is 24.2. The van der Waals surface area contributed by atoms with E-state index in [1.165, 1.54) is 6.92 Å². The molecule has 1 aromatic rings. The first kappa shape index (κ1) is 14.2. The summed E-state index contributed by atoms with van der Waals surface area (Å²) in [5.41, 5.74) is 1.94. The van der Waals surface area contributed by atoms with Crippen LogP contribution in [-0.4, -0.2) is 18.9 Å². The zero-order valence-corrected chi connectivity index (χ0v) is 11.6. The van der Waals surface area contributed by atoms with E-state index in [9.17, 15) is 13.2 Å². The summed E-state index contributed by atoms with van der Waals surface area (Å²) in [5, 5.41) is -1.43. The summed E-state index contributed by atoms with van der Waals surface area (Å²) in [6.07, 6.45) is -0.170. The van der Waals surface area contributed by atoms with Crippen LogP contribution >= 0.6 is 11.6 Å². The van der Waals surface area contributed by atoms with Gasteiger partial charge in [0.15, 0.2) is 9.84 Å². The Morgan fingerprint density at radius 1 is 1.29 bits per heavy atom. The molecule has 0 heterocycles. The molecule has 0 fully saturated rings. The van der Waals surface area contributed by atoms with Crippen molar-refractivity contribution in [2.75, 3.05) is 0 Å². The smallest absolute Gasteiger partial charge is 0.222 e. The molecule has 1 atom stereocenters. The number of carbonyl (C=O) groups is 1. The Kier molecular flexibility index (Phi) is 4.33. The minimum absolute atomic E-state index is 0.170. The van der Waals surface area contributed by atoms with Gasteiger partial charge in [0.25, 0.3) is 0 Å². The van der Waals surface area contributed by atoms with E-state index >= 15 is 0 Å². The lowest BCUT2D eigenvalue weighted by atomic mass is 10.1. The second-order valence-corrected chi connectivity index (χ2v) is 6.95. The van der Waals surface area contributed by atoms with Crippen LogP contribution in [0, 0.1) is 13.8 Å². The predicted molar refractivity (Wildman–Crippen MR) is 68.0 cm³/mol. The molecule has 0 saturated heterocycles. The number of aryl methyl sites for hydroxylation is 2. The van der Waals surface area contributed by atoms with Gasteiger partial charge in [-0.25, -0.2) is 8.42 Å². The first-order valence-corrected chi connectivity index (χ1v) is 7.17. The van der Waals surface area contributed by atoms with Crippen molar-refractivity contribution in [3.8, 4) is 0 Å². The van der Waals surface area contributed by atoms with Gasteiger partial charge in [-0.1, -0.05) is 6.07 Å². The maximum atomic E-state index is 12.1. The summed E-state index contributed by atoms with van der Waals surface area (Å²) in [6, 6.07) is 4.95. The van der Waals surface area contributed by atoms with Crippen LogP contribution < -0.4 is 0 Å². The average molecular weight is 275 g/mol. The molecule has 0 radical (unpaired) electrons. The van der Waals surface area contributed by atoms with Crippen LogP contribution in [0.5, 0.6) is 0 Å². The van der Waals surface area contributed by atoms with Crippen molar-refractivity contribution in [1.29, 1.82) is 0 Å². The molecule has 1 unspecified atom stereocenters. The van der Waals surface area contributed by atoms with Gasteiger partial charge in [-0.05, 0) is 55.6 Å². The number of rotatable bonds is 4. The predicted octanol–water partition coefficient (Wildman–Crippen LogP) is 2.62. The highest BCUT2D eigenvalue weighted by Crippen LogP contribution is 2.21. The summed E-state index contributed by atoms with van der Waals surface area (Å²) in [4.78, 5) is 11.0. The molecular formula is C12H15ClO3S. The first-order chi connectivity index (χ1) is 7.75. The zero-order chi connectivity index (χ0) is 13.2. The Hall–Kier alpha value is -0.870. The molecule has 0 aliphatic heterocycles. The molecule has 0 N–H and O–H groups in total. The molecule has 1 aromatic carbocycles. The fourth-order valence-electron chi connectivity index (χ4n) is 1.46. The third kappa shape index (κ3) is 3.30. The van der Waals surface area contributed by atoms with Gasteiger partial charge in [0.05, 0.1) is 10.1 Å². The van der Waals surface area contributed by atoms with Crippen molar-refractivity contribution in [2.45, 2.75) is 37.3 Å². The highest BCUT2D eigenvalue weighted by atomic mass is 35.5. The SMILES string of the molecule is Cc1ccc(S(=O)(=O)C(C)CC(=O)Cl)cc1C. The highest BCUT2D eigenvalue weighted by Gasteiger charge is 2.25. The quantitative estimate of drug-likeness (QED) is 0.793. The van der Waals surface area contributed by atoms with E-state index < -0.39 is 20.3 Å². The van der Waals surface area contributed by atoms with Gasteiger partial charge >= 0.3 is 0 Å². The van der Waals surface area contributed by atoms with Crippen LogP contribution in [-0.2, 0) is 14.6 Å². The molecule has 0 aromatic heterocycles. The van der Waals surface area contributed by atoms with Crippen LogP contribution in [0.4, 0.5) is 0 Å². The molecule has 0 aliphatic carbocycles. The molecule has 94 valence electrons. The molecule has 0 aliphatic rings. The Morgan fingerprint density at radius 2 is 1.88 bits per heavy atom. The van der Waals surface area contributed by atoms with E-state index in [0.29, 0.717) is 0 Å². The second-order valence-electron chi connectivity index (χ2n) is 4.16. The lowest BCUT2D eigenvalue weighted by Gasteiger charge is -2.12. The average Bonchev–Trinajstić information content (AvgIpc) is 2.20. The maximum Gasteiger partial charge on any atom is 0.222 e. The normalized spacial score (nSPS) is 13.4. The molecule has 5 heteroatoms. The number of hydrogen-bond donors (Lipinski definition) is 0. The standard InChI is InChI=1S/C12H15ClO3S/c1-8-4-5-11(6-9(8)2)17(15,16)10(3)7-12(13)14/h4-6,10H,7H2,1-3H3. The van der Waals surface area contributed by atoms with E-state index in [2.05, 4.69) is 0 Å². The summed E-state index contributed by atoms with van der Waals surface area (Å²) in [5.74, 6) is 0. The Morgan fingerprint density at radius 3 is 2.35 bits per heavy atom. The van der Waals surface area contributed by atoms with E-state index in [0.717, 1.165) is 11.1 Å². The fourth-order valence-corrected chi connectivity index (χ4v) is 3.22. The summed E-state index contributed by atoms with van der Waals surface area (Å²) in [7, 11) is -3.48. The first-order valence-electron chi connectivity index (χ1n) is 5.24. The van der Waals surface area contributed by atoms with Crippen molar-refractivity contribution in [2.24, 2.45) is 0 Å². The van der Waals surface area contributed by atoms with Gasteiger partial charge in [-0.2, -0.15) is 0 Å². The fraction of sp³-hybridized carbons (Fsp3) is 0.417. The number of hydrogen-bond acceptors (Lipinski definition) is 3. The molecule has 0 bridgehead atoms. The Labute approximate surface area is 107 Å². The van der Waals surface area contributed by atoms with E-state index in [1.807, 2.05) is 13.8 Å². The maximum absolute atomic E-state index is 12.1. The van der Waals surface area contributed by atoms with Crippen molar-refractivity contribution in [3.63, 3.8) is 0 Å². The molecule has 0 amide bonds. The number of benzene rings is 1. The summed E-state index contributed by atoms with van der Waals surface area (Å²) >= 11 is 5.22. The monoisotopic (exact) mass is 274 g/mol. The molecule has 17 heavy (non-hydrogen) atoms. The Bertz CT molecular complexity index is 535. The molecule has 3 nitrogen and oxygen atoms in total. The highest BCUT2D eigenvalue weighted by molar-refractivity contribution is 7.92. The van der Waals surface area contributed by atoms with Crippen LogP contribution in [0.1, 0.15) is 24.5 Å². The van der Waals surface area contributed by atoms with Gasteiger partial charge in [0.1, 0.15) is 0 Å². The molecular weight excluding hydrogens is 260 g/mol. The van der Waals surface area contributed by atoms with Crippen molar-refractivity contribution in [1.82, 2.24) is 0 Å². The molecule has 0 spiro atoms. The van der Waals surface area contributed by atoms with Gasteiger partial charge in [-0.15, -0.1) is 0 Å². The van der Waals surface area contributed by atoms with Crippen LogP contribution in [0.25, 0.3) is 0 Å². The van der Waals surface area contributed by atoms with Crippen molar-refractivity contribution >= 4 is 26.7 Å². The van der Waals surface area contributed by atoms with Crippen LogP contribution in [0.2, 0.25) is 0 Å². The summed E-state index contributed by atoms with van der Waals surface area (Å²) in [6.45, 7) is 5.26. The van der Waals surface area contributed by atoms with Gasteiger partial charge in [0, 0.05) is 6.42 Å². The van der Waals surface area contributed by atoms with Gasteiger partial charge < -0.3 is 0 Å². The number of sulfone groups is 1. The third-order valence-electron chi connectivity index (χ3n) is 2.78. The van der Waals surface area contributed by atoms with E-state index in [-0.39, 0.29) is 11.3 Å². The van der Waals surface area contributed by atoms with Crippen molar-refractivity contribution in [3.05, 3.63) is 29.3 Å². The lowest BCUT2D eigenvalue weighted by Crippen LogP contribution is -2.20. The minimum atomic E-state index is -3.48. The van der Waals surface area contributed by atoms with Crippen LogP contribution in [0.3, 0.4) is 0 Å². The van der Waals surface area contributed by atoms with Crippen LogP contribution in [0.15, 0.2) is 23.1 Å². The third-order valence-corrected chi connectivity index (χ3v) is 5.08. The molecule has 0 saturated carbocycles. The van der Waals surface area contributed by atoms with E-state index in [1.54, 1.807) is 18.2 Å². The van der Waals surface area contributed by atoms with Gasteiger partial charge in [0.2, 0.25) is 5.24 Å². The Balaban J connectivity index is 3.13. The second kappa shape index (κ2) is 5.19. The topological polar surface area (TPSA) is 51.2 Å². The van der Waals surface area contributed by atoms with Crippen molar-refractivity contribution < 1.29 is 13.2 Å². The largest absolute Gasteiger partial charge is 0.281 e. The van der Waals surface area contributed by atoms with Gasteiger partial charge in [-0.3, -0.25) is 4.79 Å². The van der Waals surface area contributed by atoms with E-state index in [4.69, 9.17) is 11.6 Å². The molecule has 1 rings (SSSR count). The lowest BCUT2D eigenvalue weighted by molar-refractivity contribution is -0.111. The zero-order valence-electron chi connectivity index (χ0n) is 10.0.